The molecule has 1 aliphatic heterocycles. The summed E-state index contributed by atoms with van der Waals surface area (Å²) in [4.78, 5) is 6.42. The zero-order valence-corrected chi connectivity index (χ0v) is 10.9. The Balaban J connectivity index is 1.69. The molecule has 100 valence electrons. The molecule has 3 rings (SSSR count). The quantitative estimate of drug-likeness (QED) is 0.908. The first-order chi connectivity index (χ1) is 9.36. The fraction of sp³-hybridized carbons (Fsp3) is 0.400. The Morgan fingerprint density at radius 2 is 2.11 bits per heavy atom. The van der Waals surface area contributed by atoms with Crippen LogP contribution in [0.15, 0.2) is 43.0 Å². The van der Waals surface area contributed by atoms with Gasteiger partial charge in [0, 0.05) is 30.7 Å². The van der Waals surface area contributed by atoms with E-state index in [1.54, 1.807) is 12.5 Å². The number of benzene rings is 1. The van der Waals surface area contributed by atoms with E-state index in [2.05, 4.69) is 34.1 Å². The van der Waals surface area contributed by atoms with Gasteiger partial charge in [-0.1, -0.05) is 12.1 Å². The monoisotopic (exact) mass is 257 g/mol. The van der Waals surface area contributed by atoms with Gasteiger partial charge in [-0.05, 0) is 37.1 Å². The summed E-state index contributed by atoms with van der Waals surface area (Å²) in [6.07, 6.45) is 7.83. The molecule has 2 aromatic rings. The van der Waals surface area contributed by atoms with E-state index in [1.165, 1.54) is 12.0 Å². The minimum Gasteiger partial charge on any atom is -0.395 e. The second-order valence-electron chi connectivity index (χ2n) is 5.09. The van der Waals surface area contributed by atoms with Gasteiger partial charge in [0.2, 0.25) is 0 Å². The minimum atomic E-state index is 0.271. The lowest BCUT2D eigenvalue weighted by Crippen LogP contribution is -2.31. The van der Waals surface area contributed by atoms with Crippen molar-refractivity contribution >= 4 is 0 Å². The van der Waals surface area contributed by atoms with E-state index in [0.29, 0.717) is 6.04 Å². The number of aromatic nitrogens is 2. The van der Waals surface area contributed by atoms with Crippen molar-refractivity contribution in [3.63, 3.8) is 0 Å². The number of hydrogen-bond acceptors (Lipinski definition) is 3. The van der Waals surface area contributed by atoms with E-state index in [4.69, 9.17) is 0 Å². The average Bonchev–Trinajstić information content (AvgIpc) is 3.10. The highest BCUT2D eigenvalue weighted by Crippen LogP contribution is 2.20. The van der Waals surface area contributed by atoms with Crippen molar-refractivity contribution in [3.8, 4) is 5.69 Å². The van der Waals surface area contributed by atoms with Crippen molar-refractivity contribution in [2.24, 2.45) is 0 Å². The number of aliphatic hydroxyl groups excluding tert-OH is 1. The Kier molecular flexibility index (Phi) is 3.62. The molecule has 1 aromatic carbocycles. The molecule has 4 nitrogen and oxygen atoms in total. The van der Waals surface area contributed by atoms with Crippen LogP contribution < -0.4 is 0 Å². The van der Waals surface area contributed by atoms with Crippen LogP contribution in [0.5, 0.6) is 0 Å². The van der Waals surface area contributed by atoms with Gasteiger partial charge in [-0.15, -0.1) is 0 Å². The van der Waals surface area contributed by atoms with E-state index < -0.39 is 0 Å². The van der Waals surface area contributed by atoms with Crippen molar-refractivity contribution in [1.82, 2.24) is 14.5 Å². The largest absolute Gasteiger partial charge is 0.395 e. The summed E-state index contributed by atoms with van der Waals surface area (Å²) in [6, 6.07) is 8.88. The third kappa shape index (κ3) is 2.69. The molecule has 0 saturated carbocycles. The molecule has 1 saturated heterocycles. The lowest BCUT2D eigenvalue weighted by molar-refractivity contribution is 0.153. The highest BCUT2D eigenvalue weighted by molar-refractivity contribution is 5.34. The average molecular weight is 257 g/mol. The maximum atomic E-state index is 9.33. The number of imidazole rings is 1. The molecule has 2 heterocycles. The first-order valence-electron chi connectivity index (χ1n) is 6.79. The molecule has 0 unspecified atom stereocenters. The molecule has 1 N–H and O–H groups in total. The molecule has 1 aromatic heterocycles. The SMILES string of the molecule is OC[C@@H]1CCCN1Cc1ccc(-n2ccnc2)cc1. The number of likely N-dealkylation sites (tertiary alicyclic amines) is 1. The molecule has 0 amide bonds. The lowest BCUT2D eigenvalue weighted by atomic mass is 10.1. The van der Waals surface area contributed by atoms with Crippen molar-refractivity contribution in [2.75, 3.05) is 13.2 Å². The molecule has 19 heavy (non-hydrogen) atoms. The molecule has 0 aliphatic carbocycles. The molecule has 0 spiro atoms. The highest BCUT2D eigenvalue weighted by Gasteiger charge is 2.23. The van der Waals surface area contributed by atoms with Crippen LogP contribution in [-0.4, -0.2) is 38.8 Å². The van der Waals surface area contributed by atoms with Crippen LogP contribution in [0.2, 0.25) is 0 Å². The molecular weight excluding hydrogens is 238 g/mol. The van der Waals surface area contributed by atoms with E-state index in [9.17, 15) is 5.11 Å². The fourth-order valence-electron chi connectivity index (χ4n) is 2.73. The Hall–Kier alpha value is -1.65. The molecule has 1 fully saturated rings. The van der Waals surface area contributed by atoms with Crippen LogP contribution in [0.1, 0.15) is 18.4 Å². The molecule has 1 aliphatic rings. The molecule has 1 atom stereocenters. The summed E-state index contributed by atoms with van der Waals surface area (Å²) in [5.41, 5.74) is 2.42. The number of rotatable bonds is 4. The van der Waals surface area contributed by atoms with Crippen molar-refractivity contribution < 1.29 is 5.11 Å². The molecule has 0 radical (unpaired) electrons. The van der Waals surface area contributed by atoms with Crippen LogP contribution >= 0.6 is 0 Å². The third-order valence-electron chi connectivity index (χ3n) is 3.83. The van der Waals surface area contributed by atoms with Gasteiger partial charge in [-0.2, -0.15) is 0 Å². The van der Waals surface area contributed by atoms with Gasteiger partial charge in [0.15, 0.2) is 0 Å². The first-order valence-corrected chi connectivity index (χ1v) is 6.79. The van der Waals surface area contributed by atoms with Gasteiger partial charge in [0.1, 0.15) is 0 Å². The smallest absolute Gasteiger partial charge is 0.0991 e. The van der Waals surface area contributed by atoms with E-state index >= 15 is 0 Å². The molecular formula is C15H19N3O. The summed E-state index contributed by atoms with van der Waals surface area (Å²) < 4.78 is 2.00. The zero-order chi connectivity index (χ0) is 13.1. The summed E-state index contributed by atoms with van der Waals surface area (Å²) in [5, 5.41) is 9.33. The van der Waals surface area contributed by atoms with Crippen molar-refractivity contribution in [3.05, 3.63) is 48.5 Å². The summed E-state index contributed by atoms with van der Waals surface area (Å²) >= 11 is 0. The first kappa shape index (κ1) is 12.4. The van der Waals surface area contributed by atoms with Crippen molar-refractivity contribution in [2.45, 2.75) is 25.4 Å². The fourth-order valence-corrected chi connectivity index (χ4v) is 2.73. The van der Waals surface area contributed by atoms with Crippen LogP contribution in [0, 0.1) is 0 Å². The Morgan fingerprint density at radius 1 is 1.26 bits per heavy atom. The van der Waals surface area contributed by atoms with E-state index in [-0.39, 0.29) is 6.61 Å². The lowest BCUT2D eigenvalue weighted by Gasteiger charge is -2.22. The van der Waals surface area contributed by atoms with Gasteiger partial charge in [0.05, 0.1) is 12.9 Å². The number of hydrogen-bond donors (Lipinski definition) is 1. The normalized spacial score (nSPS) is 19.9. The minimum absolute atomic E-state index is 0.271. The van der Waals surface area contributed by atoms with E-state index in [1.807, 2.05) is 10.8 Å². The van der Waals surface area contributed by atoms with Gasteiger partial charge >= 0.3 is 0 Å². The predicted molar refractivity (Wildman–Crippen MR) is 74.1 cm³/mol. The maximum absolute atomic E-state index is 9.33. The molecule has 0 bridgehead atoms. The highest BCUT2D eigenvalue weighted by atomic mass is 16.3. The van der Waals surface area contributed by atoms with Gasteiger partial charge in [-0.25, -0.2) is 4.98 Å². The zero-order valence-electron chi connectivity index (χ0n) is 10.9. The molecule has 4 heteroatoms. The maximum Gasteiger partial charge on any atom is 0.0991 e. The Morgan fingerprint density at radius 3 is 2.79 bits per heavy atom. The summed E-state index contributed by atoms with van der Waals surface area (Å²) in [7, 11) is 0. The van der Waals surface area contributed by atoms with Crippen molar-refractivity contribution in [1.29, 1.82) is 0 Å². The third-order valence-corrected chi connectivity index (χ3v) is 3.83. The number of aliphatic hydroxyl groups is 1. The predicted octanol–water partition coefficient (Wildman–Crippen LogP) is 1.83. The topological polar surface area (TPSA) is 41.3 Å². The van der Waals surface area contributed by atoms with Crippen LogP contribution in [0.4, 0.5) is 0 Å². The second-order valence-corrected chi connectivity index (χ2v) is 5.09. The second kappa shape index (κ2) is 5.55. The van der Waals surface area contributed by atoms with E-state index in [0.717, 1.165) is 25.2 Å². The van der Waals surface area contributed by atoms with Gasteiger partial charge in [0.25, 0.3) is 0 Å². The van der Waals surface area contributed by atoms with Crippen LogP contribution in [-0.2, 0) is 6.54 Å². The summed E-state index contributed by atoms with van der Waals surface area (Å²) in [6.45, 7) is 2.29. The van der Waals surface area contributed by atoms with Crippen LogP contribution in [0.3, 0.4) is 0 Å². The number of nitrogens with zero attached hydrogens (tertiary/aromatic N) is 3. The van der Waals surface area contributed by atoms with Gasteiger partial charge < -0.3 is 9.67 Å². The standard InChI is InChI=1S/C15H19N3O/c19-11-15-2-1-8-17(15)10-13-3-5-14(6-4-13)18-9-7-16-12-18/h3-7,9,12,15,19H,1-2,8,10-11H2/t15-/m0/s1. The summed E-state index contributed by atoms with van der Waals surface area (Å²) in [5.74, 6) is 0. The Bertz CT molecular complexity index is 507. The Labute approximate surface area is 113 Å². The van der Waals surface area contributed by atoms with Crippen LogP contribution in [0.25, 0.3) is 5.69 Å². The van der Waals surface area contributed by atoms with Gasteiger partial charge in [-0.3, -0.25) is 4.90 Å².